The van der Waals surface area contributed by atoms with E-state index in [0.29, 0.717) is 6.04 Å². The molecule has 4 nitrogen and oxygen atoms in total. The van der Waals surface area contributed by atoms with Gasteiger partial charge in [0.05, 0.1) is 5.69 Å². The molecule has 0 aliphatic carbocycles. The van der Waals surface area contributed by atoms with Gasteiger partial charge in [-0.05, 0) is 52.4 Å². The van der Waals surface area contributed by atoms with Gasteiger partial charge >= 0.3 is 0 Å². The summed E-state index contributed by atoms with van der Waals surface area (Å²) in [7, 11) is 2.00. The molecule has 1 unspecified atom stereocenters. The van der Waals surface area contributed by atoms with Crippen LogP contribution in [0.4, 0.5) is 8.78 Å². The van der Waals surface area contributed by atoms with E-state index in [9.17, 15) is 8.78 Å². The van der Waals surface area contributed by atoms with Crippen molar-refractivity contribution in [3.8, 4) is 5.69 Å². The van der Waals surface area contributed by atoms with Gasteiger partial charge < -0.3 is 5.32 Å². The van der Waals surface area contributed by atoms with Gasteiger partial charge in [0.25, 0.3) is 0 Å². The molecule has 1 N–H and O–H groups in total. The summed E-state index contributed by atoms with van der Waals surface area (Å²) in [6, 6.07) is 4.11. The second-order valence-electron chi connectivity index (χ2n) is 6.52. The van der Waals surface area contributed by atoms with E-state index < -0.39 is 11.6 Å². The van der Waals surface area contributed by atoms with Gasteiger partial charge in [-0.2, -0.15) is 5.10 Å². The number of benzene rings is 1. The average molecular weight is 334 g/mol. The van der Waals surface area contributed by atoms with Crippen LogP contribution in [0.15, 0.2) is 18.2 Å². The highest BCUT2D eigenvalue weighted by atomic mass is 19.1. The number of piperidine rings is 1. The number of halogens is 2. The zero-order valence-corrected chi connectivity index (χ0v) is 14.4. The van der Waals surface area contributed by atoms with Crippen molar-refractivity contribution < 1.29 is 8.78 Å². The molecule has 0 spiro atoms. The number of aryl methyl sites for hydroxylation is 1. The Morgan fingerprint density at radius 2 is 2.08 bits per heavy atom. The van der Waals surface area contributed by atoms with Crippen LogP contribution >= 0.6 is 0 Å². The topological polar surface area (TPSA) is 33.1 Å². The number of nitrogens with one attached hydrogen (secondary N) is 1. The summed E-state index contributed by atoms with van der Waals surface area (Å²) in [5, 5.41) is 7.83. The van der Waals surface area contributed by atoms with Crippen LogP contribution in [0.3, 0.4) is 0 Å². The van der Waals surface area contributed by atoms with Crippen molar-refractivity contribution in [2.75, 3.05) is 20.1 Å². The normalized spacial score (nSPS) is 19.0. The summed E-state index contributed by atoms with van der Waals surface area (Å²) < 4.78 is 28.8. The molecule has 130 valence electrons. The van der Waals surface area contributed by atoms with Crippen molar-refractivity contribution in [3.05, 3.63) is 46.8 Å². The molecule has 6 heteroatoms. The molecule has 0 bridgehead atoms. The molecule has 1 aromatic heterocycles. The Hall–Kier alpha value is -1.79. The number of aromatic nitrogens is 2. The van der Waals surface area contributed by atoms with Crippen LogP contribution in [0.5, 0.6) is 0 Å². The lowest BCUT2D eigenvalue weighted by Gasteiger charge is -2.32. The molecule has 2 heterocycles. The van der Waals surface area contributed by atoms with E-state index in [0.717, 1.165) is 42.7 Å². The van der Waals surface area contributed by atoms with Crippen molar-refractivity contribution in [1.82, 2.24) is 20.0 Å². The summed E-state index contributed by atoms with van der Waals surface area (Å²) in [6.45, 7) is 6.76. The van der Waals surface area contributed by atoms with E-state index in [1.165, 1.54) is 25.0 Å². The molecule has 24 heavy (non-hydrogen) atoms. The number of rotatable bonds is 4. The van der Waals surface area contributed by atoms with Gasteiger partial charge in [-0.1, -0.05) is 0 Å². The number of hydrogen-bond donors (Lipinski definition) is 1. The van der Waals surface area contributed by atoms with Gasteiger partial charge in [-0.25, -0.2) is 13.5 Å². The van der Waals surface area contributed by atoms with Crippen LogP contribution in [-0.4, -0.2) is 40.9 Å². The molecule has 0 amide bonds. The summed E-state index contributed by atoms with van der Waals surface area (Å²) >= 11 is 0. The van der Waals surface area contributed by atoms with Gasteiger partial charge in [0.15, 0.2) is 5.82 Å². The first-order valence-electron chi connectivity index (χ1n) is 8.39. The van der Waals surface area contributed by atoms with E-state index in [2.05, 4.69) is 15.3 Å². The number of hydrogen-bond acceptors (Lipinski definition) is 3. The summed E-state index contributed by atoms with van der Waals surface area (Å²) in [6.07, 6.45) is 2.37. The van der Waals surface area contributed by atoms with Crippen LogP contribution in [0.1, 0.15) is 29.8 Å². The molecule has 0 saturated carbocycles. The fourth-order valence-electron chi connectivity index (χ4n) is 3.45. The lowest BCUT2D eigenvalue weighted by atomic mass is 10.0. The highest BCUT2D eigenvalue weighted by Gasteiger charge is 2.22. The number of likely N-dealkylation sites (tertiary alicyclic amines) is 1. The van der Waals surface area contributed by atoms with Gasteiger partial charge in [0.1, 0.15) is 11.5 Å². The highest BCUT2D eigenvalue weighted by Crippen LogP contribution is 2.23. The maximum atomic E-state index is 14.1. The van der Waals surface area contributed by atoms with Gasteiger partial charge in [0.2, 0.25) is 0 Å². The van der Waals surface area contributed by atoms with Crippen molar-refractivity contribution in [2.45, 2.75) is 39.3 Å². The van der Waals surface area contributed by atoms with Crippen LogP contribution < -0.4 is 5.32 Å². The molecule has 0 radical (unpaired) electrons. The molecule has 3 rings (SSSR count). The first kappa shape index (κ1) is 17.0. The summed E-state index contributed by atoms with van der Waals surface area (Å²) in [5.41, 5.74) is 3.21. The largest absolute Gasteiger partial charge is 0.316 e. The predicted octanol–water partition coefficient (Wildman–Crippen LogP) is 2.95. The standard InChI is InChI=1S/C18H24F2N4/c1-12-16(11-23-8-4-5-15(10-23)21-3)13(2)24(22-12)18-7-6-14(19)9-17(18)20/h6-7,9,15,21H,4-5,8,10-11H2,1-3H3. The zero-order chi connectivity index (χ0) is 17.3. The third-order valence-electron chi connectivity index (χ3n) is 4.87. The Balaban J connectivity index is 1.86. The average Bonchev–Trinajstić information content (AvgIpc) is 2.83. The van der Waals surface area contributed by atoms with Gasteiger partial charge in [-0.3, -0.25) is 4.90 Å². The molecule has 1 fully saturated rings. The fourth-order valence-corrected chi connectivity index (χ4v) is 3.45. The van der Waals surface area contributed by atoms with Crippen molar-refractivity contribution in [3.63, 3.8) is 0 Å². The quantitative estimate of drug-likeness (QED) is 0.933. The van der Waals surface area contributed by atoms with Gasteiger partial charge in [-0.15, -0.1) is 0 Å². The van der Waals surface area contributed by atoms with E-state index in [1.54, 1.807) is 4.68 Å². The van der Waals surface area contributed by atoms with E-state index in [-0.39, 0.29) is 5.69 Å². The molecule has 2 aromatic rings. The first-order valence-corrected chi connectivity index (χ1v) is 8.39. The molecule has 1 atom stereocenters. The van der Waals surface area contributed by atoms with Crippen LogP contribution in [-0.2, 0) is 6.54 Å². The summed E-state index contributed by atoms with van der Waals surface area (Å²) in [4.78, 5) is 2.41. The number of nitrogens with zero attached hydrogens (tertiary/aromatic N) is 3. The molecular weight excluding hydrogens is 310 g/mol. The zero-order valence-electron chi connectivity index (χ0n) is 14.4. The minimum absolute atomic E-state index is 0.287. The van der Waals surface area contributed by atoms with Crippen molar-refractivity contribution >= 4 is 0 Å². The molecular formula is C18H24F2N4. The molecule has 1 aliphatic heterocycles. The molecule has 1 aromatic carbocycles. The lowest BCUT2D eigenvalue weighted by Crippen LogP contribution is -2.44. The van der Waals surface area contributed by atoms with E-state index in [1.807, 2.05) is 20.9 Å². The van der Waals surface area contributed by atoms with Crippen molar-refractivity contribution in [2.24, 2.45) is 0 Å². The fraction of sp³-hybridized carbons (Fsp3) is 0.500. The maximum absolute atomic E-state index is 14.1. The highest BCUT2D eigenvalue weighted by molar-refractivity contribution is 5.38. The smallest absolute Gasteiger partial charge is 0.151 e. The third kappa shape index (κ3) is 3.35. The second-order valence-corrected chi connectivity index (χ2v) is 6.52. The van der Waals surface area contributed by atoms with Crippen LogP contribution in [0.25, 0.3) is 5.69 Å². The number of likely N-dealkylation sites (N-methyl/N-ethyl adjacent to an activating group) is 1. The Morgan fingerprint density at radius 1 is 1.29 bits per heavy atom. The maximum Gasteiger partial charge on any atom is 0.151 e. The first-order chi connectivity index (χ1) is 11.5. The predicted molar refractivity (Wildman–Crippen MR) is 90.3 cm³/mol. The molecule has 1 aliphatic rings. The van der Waals surface area contributed by atoms with Crippen LogP contribution in [0.2, 0.25) is 0 Å². The van der Waals surface area contributed by atoms with Crippen molar-refractivity contribution in [1.29, 1.82) is 0 Å². The second kappa shape index (κ2) is 6.99. The SMILES string of the molecule is CNC1CCCN(Cc2c(C)nn(-c3ccc(F)cc3F)c2C)C1. The summed E-state index contributed by atoms with van der Waals surface area (Å²) in [5.74, 6) is -1.18. The monoisotopic (exact) mass is 334 g/mol. The minimum atomic E-state index is -0.597. The third-order valence-corrected chi connectivity index (χ3v) is 4.87. The van der Waals surface area contributed by atoms with Crippen LogP contribution in [0, 0.1) is 25.5 Å². The Kier molecular flexibility index (Phi) is 4.96. The Bertz CT molecular complexity index is 726. The Morgan fingerprint density at radius 3 is 2.79 bits per heavy atom. The Labute approximate surface area is 141 Å². The molecule has 1 saturated heterocycles. The van der Waals surface area contributed by atoms with E-state index >= 15 is 0 Å². The lowest BCUT2D eigenvalue weighted by molar-refractivity contribution is 0.187. The van der Waals surface area contributed by atoms with Gasteiger partial charge in [0, 0.05) is 36.5 Å². The van der Waals surface area contributed by atoms with E-state index in [4.69, 9.17) is 0 Å². The minimum Gasteiger partial charge on any atom is -0.316 e.